The number of carbonyl (C=O) groups is 4. The van der Waals surface area contributed by atoms with Crippen molar-refractivity contribution in [2.75, 3.05) is 6.54 Å². The zero-order valence-electron chi connectivity index (χ0n) is 13.5. The Kier molecular flexibility index (Phi) is 4.68. The molecule has 25 heavy (non-hydrogen) atoms. The first kappa shape index (κ1) is 16.9. The molecule has 3 heterocycles. The second-order valence-electron chi connectivity index (χ2n) is 6.26. The number of amides is 4. The molecule has 134 valence electrons. The highest BCUT2D eigenvalue weighted by atomic mass is 16.2. The number of nitrogens with one attached hydrogen (secondary N) is 3. The van der Waals surface area contributed by atoms with E-state index in [-0.39, 0.29) is 24.7 Å². The van der Waals surface area contributed by atoms with Crippen molar-refractivity contribution in [3.8, 4) is 0 Å². The third-order valence-electron chi connectivity index (χ3n) is 4.50. The lowest BCUT2D eigenvalue weighted by molar-refractivity contribution is -0.142. The fourth-order valence-corrected chi connectivity index (χ4v) is 3.13. The highest BCUT2D eigenvalue weighted by Crippen LogP contribution is 2.19. The number of carbonyl (C=O) groups excluding carboxylic acids is 4. The van der Waals surface area contributed by atoms with Gasteiger partial charge in [-0.3, -0.25) is 19.2 Å². The maximum atomic E-state index is 12.9. The Morgan fingerprint density at radius 2 is 2.20 bits per heavy atom. The molecule has 10 nitrogen and oxygen atoms in total. The van der Waals surface area contributed by atoms with Crippen molar-refractivity contribution in [3.05, 3.63) is 18.2 Å². The maximum Gasteiger partial charge on any atom is 0.246 e. The van der Waals surface area contributed by atoms with Crippen molar-refractivity contribution < 1.29 is 19.2 Å². The fourth-order valence-electron chi connectivity index (χ4n) is 3.13. The van der Waals surface area contributed by atoms with Crippen LogP contribution in [0.5, 0.6) is 0 Å². The zero-order chi connectivity index (χ0) is 18.0. The van der Waals surface area contributed by atoms with Crippen LogP contribution in [0, 0.1) is 0 Å². The Morgan fingerprint density at radius 3 is 2.80 bits per heavy atom. The van der Waals surface area contributed by atoms with Crippen LogP contribution in [0.4, 0.5) is 0 Å². The van der Waals surface area contributed by atoms with Crippen LogP contribution < -0.4 is 16.4 Å². The molecule has 3 atom stereocenters. The van der Waals surface area contributed by atoms with Gasteiger partial charge in [0.25, 0.3) is 0 Å². The van der Waals surface area contributed by atoms with Gasteiger partial charge in [0.2, 0.25) is 23.6 Å². The predicted octanol–water partition coefficient (Wildman–Crippen LogP) is -2.20. The third-order valence-corrected chi connectivity index (χ3v) is 4.50. The number of imidazole rings is 1. The first-order valence-corrected chi connectivity index (χ1v) is 8.12. The molecule has 0 radical (unpaired) electrons. The minimum atomic E-state index is -0.870. The molecule has 1 aromatic rings. The van der Waals surface area contributed by atoms with Crippen LogP contribution in [0.3, 0.4) is 0 Å². The number of hydrogen-bond acceptors (Lipinski definition) is 5. The van der Waals surface area contributed by atoms with Gasteiger partial charge >= 0.3 is 0 Å². The van der Waals surface area contributed by atoms with Gasteiger partial charge in [-0.2, -0.15) is 0 Å². The molecule has 0 spiro atoms. The number of primary amides is 1. The molecule has 5 N–H and O–H groups in total. The summed E-state index contributed by atoms with van der Waals surface area (Å²) in [5.41, 5.74) is 6.05. The van der Waals surface area contributed by atoms with Gasteiger partial charge in [-0.1, -0.05) is 0 Å². The number of aromatic amines is 1. The molecular weight excluding hydrogens is 328 g/mol. The monoisotopic (exact) mass is 348 g/mol. The number of likely N-dealkylation sites (tertiary alicyclic amines) is 1. The molecule has 1 aromatic heterocycles. The number of hydrogen-bond donors (Lipinski definition) is 4. The van der Waals surface area contributed by atoms with E-state index >= 15 is 0 Å². The highest BCUT2D eigenvalue weighted by Gasteiger charge is 2.39. The van der Waals surface area contributed by atoms with Crippen LogP contribution in [0.25, 0.3) is 0 Å². The van der Waals surface area contributed by atoms with E-state index in [4.69, 9.17) is 5.73 Å². The summed E-state index contributed by atoms with van der Waals surface area (Å²) in [5.74, 6) is -1.55. The summed E-state index contributed by atoms with van der Waals surface area (Å²) in [5, 5.41) is 5.14. The summed E-state index contributed by atoms with van der Waals surface area (Å²) < 4.78 is 0. The average molecular weight is 348 g/mol. The number of H-pyrrole nitrogens is 1. The van der Waals surface area contributed by atoms with Gasteiger partial charge in [-0.05, 0) is 12.8 Å². The standard InChI is InChI=1S/C15H20N6O4/c16-13(23)11-2-1-3-21(11)15(25)10(4-8-6-17-7-18-8)20-14(24)9-5-12(22)19-9/h6-7,9-11H,1-5H2,(H2,16,23)(H,17,18)(H,19,22)(H,20,24)/t9-,10?,11-/m0/s1. The quantitative estimate of drug-likeness (QED) is 0.430. The molecule has 2 aliphatic heterocycles. The molecule has 3 rings (SSSR count). The fraction of sp³-hybridized carbons (Fsp3) is 0.533. The van der Waals surface area contributed by atoms with Gasteiger partial charge in [-0.15, -0.1) is 0 Å². The van der Waals surface area contributed by atoms with E-state index in [9.17, 15) is 19.2 Å². The van der Waals surface area contributed by atoms with Crippen LogP contribution in [0.2, 0.25) is 0 Å². The van der Waals surface area contributed by atoms with E-state index < -0.39 is 29.9 Å². The van der Waals surface area contributed by atoms with Crippen molar-refractivity contribution in [2.24, 2.45) is 5.73 Å². The largest absolute Gasteiger partial charge is 0.368 e. The normalized spacial score (nSPS) is 23.5. The summed E-state index contributed by atoms with van der Waals surface area (Å²) in [7, 11) is 0. The van der Waals surface area contributed by atoms with Crippen LogP contribution in [0.1, 0.15) is 25.0 Å². The van der Waals surface area contributed by atoms with Crippen LogP contribution in [0.15, 0.2) is 12.5 Å². The van der Waals surface area contributed by atoms with E-state index in [0.29, 0.717) is 25.1 Å². The highest BCUT2D eigenvalue weighted by molar-refractivity contribution is 5.99. The molecule has 2 fully saturated rings. The Labute approximate surface area is 143 Å². The number of rotatable bonds is 6. The lowest BCUT2D eigenvalue weighted by atomic mass is 10.0. The van der Waals surface area contributed by atoms with Crippen molar-refractivity contribution in [1.29, 1.82) is 0 Å². The van der Waals surface area contributed by atoms with Crippen LogP contribution in [-0.2, 0) is 25.6 Å². The molecule has 4 amide bonds. The first-order valence-electron chi connectivity index (χ1n) is 8.12. The predicted molar refractivity (Wildman–Crippen MR) is 84.7 cm³/mol. The number of nitrogens with zero attached hydrogens (tertiary/aromatic N) is 2. The Morgan fingerprint density at radius 1 is 1.44 bits per heavy atom. The van der Waals surface area contributed by atoms with Crippen molar-refractivity contribution in [1.82, 2.24) is 25.5 Å². The van der Waals surface area contributed by atoms with Crippen LogP contribution in [-0.4, -0.2) is 63.2 Å². The Hall–Kier alpha value is -2.91. The molecule has 0 aliphatic carbocycles. The minimum Gasteiger partial charge on any atom is -0.368 e. The van der Waals surface area contributed by atoms with Gasteiger partial charge in [0, 0.05) is 24.9 Å². The SMILES string of the molecule is NC(=O)[C@@H]1CCCN1C(=O)C(Cc1cnc[nH]1)NC(=O)[C@@H]1CC(=O)N1. The summed E-state index contributed by atoms with van der Waals surface area (Å²) in [6.07, 6.45) is 4.55. The van der Waals surface area contributed by atoms with Crippen molar-refractivity contribution in [3.63, 3.8) is 0 Å². The molecule has 2 aliphatic rings. The molecule has 0 aromatic carbocycles. The second kappa shape index (κ2) is 6.91. The summed E-state index contributed by atoms with van der Waals surface area (Å²) in [4.78, 5) is 55.9. The van der Waals surface area contributed by atoms with Crippen LogP contribution >= 0.6 is 0 Å². The summed E-state index contributed by atoms with van der Waals surface area (Å²) >= 11 is 0. The molecule has 0 bridgehead atoms. The summed E-state index contributed by atoms with van der Waals surface area (Å²) in [6.45, 7) is 0.419. The lowest BCUT2D eigenvalue weighted by Crippen LogP contribution is -2.61. The van der Waals surface area contributed by atoms with Gasteiger partial charge in [-0.25, -0.2) is 4.98 Å². The lowest BCUT2D eigenvalue weighted by Gasteiger charge is -2.31. The third kappa shape index (κ3) is 3.62. The molecule has 0 saturated carbocycles. The van der Waals surface area contributed by atoms with E-state index in [1.54, 1.807) is 6.20 Å². The smallest absolute Gasteiger partial charge is 0.246 e. The van der Waals surface area contributed by atoms with Crippen molar-refractivity contribution in [2.45, 2.75) is 43.8 Å². The zero-order valence-corrected chi connectivity index (χ0v) is 13.5. The topological polar surface area (TPSA) is 150 Å². The Bertz CT molecular complexity index is 680. The number of nitrogens with two attached hydrogens (primary N) is 1. The molecule has 2 saturated heterocycles. The van der Waals surface area contributed by atoms with E-state index in [1.165, 1.54) is 11.2 Å². The first-order chi connectivity index (χ1) is 12.0. The van der Waals surface area contributed by atoms with E-state index in [1.807, 2.05) is 0 Å². The van der Waals surface area contributed by atoms with Gasteiger partial charge < -0.3 is 26.3 Å². The minimum absolute atomic E-state index is 0.102. The average Bonchev–Trinajstić information content (AvgIpc) is 3.21. The number of β-lactam (4-membered cyclic amide) rings is 1. The second-order valence-corrected chi connectivity index (χ2v) is 6.26. The molecule has 1 unspecified atom stereocenters. The van der Waals surface area contributed by atoms with Crippen molar-refractivity contribution >= 4 is 23.6 Å². The Balaban J connectivity index is 1.73. The van der Waals surface area contributed by atoms with Gasteiger partial charge in [0.15, 0.2) is 0 Å². The summed E-state index contributed by atoms with van der Waals surface area (Å²) in [6, 6.07) is -2.16. The maximum absolute atomic E-state index is 12.9. The van der Waals surface area contributed by atoms with E-state index in [0.717, 1.165) is 0 Å². The molecule has 10 heteroatoms. The molecular formula is C15H20N6O4. The number of aromatic nitrogens is 2. The van der Waals surface area contributed by atoms with Gasteiger partial charge in [0.05, 0.1) is 12.7 Å². The van der Waals surface area contributed by atoms with E-state index in [2.05, 4.69) is 20.6 Å². The van der Waals surface area contributed by atoms with Gasteiger partial charge in [0.1, 0.15) is 18.1 Å².